The highest BCUT2D eigenvalue weighted by Crippen LogP contribution is 2.29. The van der Waals surface area contributed by atoms with Gasteiger partial charge in [0.25, 0.3) is 5.91 Å². The molecule has 0 aliphatic carbocycles. The van der Waals surface area contributed by atoms with Crippen molar-refractivity contribution in [3.8, 4) is 5.75 Å². The second kappa shape index (κ2) is 10.9. The predicted octanol–water partition coefficient (Wildman–Crippen LogP) is 4.01. The summed E-state index contributed by atoms with van der Waals surface area (Å²) >= 11 is 2.46. The van der Waals surface area contributed by atoms with E-state index in [1.54, 1.807) is 38.1 Å². The molecule has 1 heterocycles. The van der Waals surface area contributed by atoms with Gasteiger partial charge in [-0.2, -0.15) is 0 Å². The van der Waals surface area contributed by atoms with Crippen LogP contribution in [0.3, 0.4) is 0 Å². The number of benzene rings is 1. The number of thioether (sulfide) groups is 1. The molecule has 146 valence electrons. The quantitative estimate of drug-likeness (QED) is 0.274. The Hall–Kier alpha value is -2.13. The molecule has 0 aliphatic rings. The Morgan fingerprint density at radius 3 is 2.63 bits per heavy atom. The van der Waals surface area contributed by atoms with E-state index in [0.717, 1.165) is 18.6 Å². The van der Waals surface area contributed by atoms with Crippen LogP contribution in [-0.2, 0) is 9.53 Å². The highest BCUT2D eigenvalue weighted by atomic mass is 32.2. The summed E-state index contributed by atoms with van der Waals surface area (Å²) in [7, 11) is 0. The van der Waals surface area contributed by atoms with Gasteiger partial charge in [-0.1, -0.05) is 36.4 Å². The second-order valence-corrected chi connectivity index (χ2v) is 8.13. The van der Waals surface area contributed by atoms with Gasteiger partial charge in [-0.15, -0.1) is 10.2 Å². The first-order valence-corrected chi connectivity index (χ1v) is 10.4. The molecule has 1 amide bonds. The molecule has 1 aromatic heterocycles. The molecule has 2 rings (SSSR count). The number of nitrogens with one attached hydrogen (secondary N) is 1. The Morgan fingerprint density at radius 2 is 1.96 bits per heavy atom. The maximum Gasteiger partial charge on any atom is 0.319 e. The van der Waals surface area contributed by atoms with Crippen LogP contribution < -0.4 is 10.1 Å². The smallest absolute Gasteiger partial charge is 0.319 e. The zero-order valence-corrected chi connectivity index (χ0v) is 17.2. The molecule has 1 atom stereocenters. The molecule has 0 saturated heterocycles. The largest absolute Gasteiger partial charge is 0.494 e. The van der Waals surface area contributed by atoms with E-state index in [4.69, 9.17) is 9.47 Å². The van der Waals surface area contributed by atoms with Crippen LogP contribution in [0.2, 0.25) is 0 Å². The lowest BCUT2D eigenvalue weighted by molar-refractivity contribution is -0.142. The minimum absolute atomic E-state index is 0.277. The number of carbonyl (C=O) groups excluding carboxylic acids is 2. The van der Waals surface area contributed by atoms with Gasteiger partial charge in [0.1, 0.15) is 11.0 Å². The summed E-state index contributed by atoms with van der Waals surface area (Å²) in [5, 5.41) is 10.6. The van der Waals surface area contributed by atoms with Crippen LogP contribution >= 0.6 is 23.1 Å². The number of hydrogen-bond acceptors (Lipinski definition) is 8. The Bertz CT molecular complexity index is 749. The number of hydrogen-bond donors (Lipinski definition) is 1. The van der Waals surface area contributed by atoms with Crippen LogP contribution in [0.4, 0.5) is 5.13 Å². The van der Waals surface area contributed by atoms with Gasteiger partial charge in [-0.3, -0.25) is 14.9 Å². The fourth-order valence-corrected chi connectivity index (χ4v) is 3.86. The molecule has 0 bridgehead atoms. The fraction of sp³-hybridized carbons (Fsp3) is 0.444. The first-order valence-electron chi connectivity index (χ1n) is 8.74. The molecule has 1 N–H and O–H groups in total. The van der Waals surface area contributed by atoms with Crippen molar-refractivity contribution >= 4 is 40.1 Å². The lowest BCUT2D eigenvalue weighted by Crippen LogP contribution is -2.16. The first kappa shape index (κ1) is 21.2. The van der Waals surface area contributed by atoms with Crippen molar-refractivity contribution in [1.82, 2.24) is 10.2 Å². The number of esters is 1. The Balaban J connectivity index is 1.89. The molecule has 0 spiro atoms. The average Bonchev–Trinajstić information content (AvgIpc) is 3.09. The third kappa shape index (κ3) is 6.84. The Labute approximate surface area is 166 Å². The van der Waals surface area contributed by atoms with E-state index in [9.17, 15) is 9.59 Å². The summed E-state index contributed by atoms with van der Waals surface area (Å²) in [4.78, 5) is 24.0. The van der Waals surface area contributed by atoms with E-state index in [2.05, 4.69) is 22.4 Å². The first-order chi connectivity index (χ1) is 13.0. The van der Waals surface area contributed by atoms with Gasteiger partial charge in [0, 0.05) is 5.56 Å². The summed E-state index contributed by atoms with van der Waals surface area (Å²) in [6.45, 7) is 6.61. The minimum atomic E-state index is -0.387. The van der Waals surface area contributed by atoms with E-state index in [1.807, 2.05) is 0 Å². The van der Waals surface area contributed by atoms with Crippen LogP contribution in [0.5, 0.6) is 5.75 Å². The summed E-state index contributed by atoms with van der Waals surface area (Å²) in [6.07, 6.45) is 2.07. The highest BCUT2D eigenvalue weighted by Gasteiger charge is 2.18. The molecule has 2 aromatic rings. The molecule has 0 fully saturated rings. The highest BCUT2D eigenvalue weighted by molar-refractivity contribution is 8.02. The van der Waals surface area contributed by atoms with Crippen LogP contribution in [0, 0.1) is 0 Å². The number of amides is 1. The second-order valence-electron chi connectivity index (χ2n) is 5.57. The standard InChI is InChI=1S/C18H23N3O4S2/c1-4-6-11-25-14-9-7-13(8-10-14)15(22)19-17-20-21-18(27-17)26-12(3)16(23)24-5-2/h7-10,12H,4-6,11H2,1-3H3,(H,19,20,22). The maximum absolute atomic E-state index is 12.3. The molecule has 9 heteroatoms. The molecular formula is C18H23N3O4S2. The number of nitrogens with zero attached hydrogens (tertiary/aromatic N) is 2. The van der Waals surface area contributed by atoms with Crippen molar-refractivity contribution in [1.29, 1.82) is 0 Å². The Morgan fingerprint density at radius 1 is 1.22 bits per heavy atom. The molecule has 0 saturated carbocycles. The lowest BCUT2D eigenvalue weighted by Gasteiger charge is -2.07. The van der Waals surface area contributed by atoms with E-state index >= 15 is 0 Å². The van der Waals surface area contributed by atoms with Crippen LogP contribution in [0.15, 0.2) is 28.6 Å². The van der Waals surface area contributed by atoms with Crippen LogP contribution in [-0.4, -0.2) is 40.5 Å². The molecule has 27 heavy (non-hydrogen) atoms. The molecule has 1 aromatic carbocycles. The third-order valence-corrected chi connectivity index (χ3v) is 5.41. The molecule has 7 nitrogen and oxygen atoms in total. The summed E-state index contributed by atoms with van der Waals surface area (Å²) in [6, 6.07) is 6.95. The molecule has 0 aliphatic heterocycles. The van der Waals surface area contributed by atoms with Crippen molar-refractivity contribution in [2.24, 2.45) is 0 Å². The summed E-state index contributed by atoms with van der Waals surface area (Å²) in [5.41, 5.74) is 0.502. The number of unbranched alkanes of at least 4 members (excludes halogenated alkanes) is 1. The minimum Gasteiger partial charge on any atom is -0.494 e. The number of carbonyl (C=O) groups is 2. The van der Waals surface area contributed by atoms with Crippen LogP contribution in [0.25, 0.3) is 0 Å². The number of rotatable bonds is 10. The van der Waals surface area contributed by atoms with E-state index in [0.29, 0.717) is 28.2 Å². The maximum atomic E-state index is 12.3. The van der Waals surface area contributed by atoms with E-state index in [1.165, 1.54) is 23.1 Å². The normalized spacial score (nSPS) is 11.7. The van der Waals surface area contributed by atoms with E-state index < -0.39 is 0 Å². The van der Waals surface area contributed by atoms with Crippen molar-refractivity contribution in [2.45, 2.75) is 43.2 Å². The van der Waals surface area contributed by atoms with Gasteiger partial charge in [0.15, 0.2) is 4.34 Å². The van der Waals surface area contributed by atoms with E-state index in [-0.39, 0.29) is 17.1 Å². The lowest BCUT2D eigenvalue weighted by atomic mass is 10.2. The van der Waals surface area contributed by atoms with Crippen molar-refractivity contribution in [3.05, 3.63) is 29.8 Å². The van der Waals surface area contributed by atoms with Crippen molar-refractivity contribution in [3.63, 3.8) is 0 Å². The van der Waals surface area contributed by atoms with Gasteiger partial charge >= 0.3 is 5.97 Å². The molecular weight excluding hydrogens is 386 g/mol. The molecule has 1 unspecified atom stereocenters. The zero-order valence-electron chi connectivity index (χ0n) is 15.6. The number of anilines is 1. The summed E-state index contributed by atoms with van der Waals surface area (Å²) < 4.78 is 11.1. The SMILES string of the molecule is CCCCOc1ccc(C(=O)Nc2nnc(SC(C)C(=O)OCC)s2)cc1. The third-order valence-electron chi connectivity index (χ3n) is 3.41. The Kier molecular flexibility index (Phi) is 8.53. The predicted molar refractivity (Wildman–Crippen MR) is 107 cm³/mol. The van der Waals surface area contributed by atoms with Gasteiger partial charge in [0.05, 0.1) is 13.2 Å². The van der Waals surface area contributed by atoms with Crippen molar-refractivity contribution < 1.29 is 19.1 Å². The van der Waals surface area contributed by atoms with Crippen LogP contribution in [0.1, 0.15) is 44.0 Å². The fourth-order valence-electron chi connectivity index (χ4n) is 1.97. The van der Waals surface area contributed by atoms with Gasteiger partial charge in [-0.25, -0.2) is 0 Å². The summed E-state index contributed by atoms with van der Waals surface area (Å²) in [5.74, 6) is 0.160. The average molecular weight is 410 g/mol. The topological polar surface area (TPSA) is 90.4 Å². The van der Waals surface area contributed by atoms with Gasteiger partial charge < -0.3 is 9.47 Å². The molecule has 0 radical (unpaired) electrons. The van der Waals surface area contributed by atoms with Gasteiger partial charge in [-0.05, 0) is 44.5 Å². The number of aromatic nitrogens is 2. The van der Waals surface area contributed by atoms with Gasteiger partial charge in [0.2, 0.25) is 5.13 Å². The zero-order chi connectivity index (χ0) is 19.6. The monoisotopic (exact) mass is 409 g/mol. The van der Waals surface area contributed by atoms with Crippen molar-refractivity contribution in [2.75, 3.05) is 18.5 Å². The number of ether oxygens (including phenoxy) is 2.